The maximum Gasteiger partial charge on any atom is 0.265 e. The van der Waals surface area contributed by atoms with E-state index in [9.17, 15) is 13.2 Å². The minimum atomic E-state index is -3.75. The second-order valence-corrected chi connectivity index (χ2v) is 10.2. The minimum Gasteiger partial charge on any atom is -0.497 e. The molecule has 7 nitrogen and oxygen atoms in total. The fourth-order valence-electron chi connectivity index (χ4n) is 3.25. The van der Waals surface area contributed by atoms with Crippen LogP contribution in [-0.4, -0.2) is 35.6 Å². The molecule has 1 N–H and O–H groups in total. The summed E-state index contributed by atoms with van der Waals surface area (Å²) in [6.45, 7) is 0. The molecule has 170 valence electrons. The van der Waals surface area contributed by atoms with Gasteiger partial charge in [0, 0.05) is 17.4 Å². The molecule has 0 radical (unpaired) electrons. The van der Waals surface area contributed by atoms with Crippen LogP contribution in [0.5, 0.6) is 11.5 Å². The van der Waals surface area contributed by atoms with Gasteiger partial charge in [0.1, 0.15) is 11.5 Å². The molecule has 0 unspecified atom stereocenters. The summed E-state index contributed by atoms with van der Waals surface area (Å²) in [6, 6.07) is 20.4. The molecular weight excluding hydrogens is 460 g/mol. The van der Waals surface area contributed by atoms with Gasteiger partial charge in [-0.15, -0.1) is 11.3 Å². The highest BCUT2D eigenvalue weighted by Crippen LogP contribution is 2.32. The van der Waals surface area contributed by atoms with Gasteiger partial charge < -0.3 is 14.8 Å². The van der Waals surface area contributed by atoms with Gasteiger partial charge in [0.25, 0.3) is 15.9 Å². The van der Waals surface area contributed by atoms with Crippen molar-refractivity contribution < 1.29 is 22.7 Å². The van der Waals surface area contributed by atoms with Gasteiger partial charge >= 0.3 is 0 Å². The Bertz CT molecular complexity index is 1400. The third-order valence-corrected chi connectivity index (χ3v) is 8.07. The van der Waals surface area contributed by atoms with E-state index in [2.05, 4.69) is 5.32 Å². The van der Waals surface area contributed by atoms with E-state index in [1.54, 1.807) is 61.7 Å². The fourth-order valence-corrected chi connectivity index (χ4v) is 5.38. The lowest BCUT2D eigenvalue weighted by atomic mass is 10.2. The lowest BCUT2D eigenvalue weighted by Crippen LogP contribution is -2.26. The number of hydrogen-bond donors (Lipinski definition) is 1. The Morgan fingerprint density at radius 3 is 2.09 bits per heavy atom. The van der Waals surface area contributed by atoms with Gasteiger partial charge in [-0.1, -0.05) is 0 Å². The first kappa shape index (κ1) is 22.6. The Labute approximate surface area is 196 Å². The molecular formula is C24H22N2O5S2. The number of methoxy groups -OCH3 is 2. The number of benzene rings is 3. The predicted molar refractivity (Wildman–Crippen MR) is 131 cm³/mol. The van der Waals surface area contributed by atoms with Gasteiger partial charge in [-0.2, -0.15) is 0 Å². The molecule has 3 aromatic carbocycles. The maximum atomic E-state index is 13.0. The highest BCUT2D eigenvalue weighted by Gasteiger charge is 2.22. The van der Waals surface area contributed by atoms with Crippen LogP contribution in [0.3, 0.4) is 0 Å². The van der Waals surface area contributed by atoms with Crippen LogP contribution in [0.4, 0.5) is 11.4 Å². The predicted octanol–water partition coefficient (Wildman–Crippen LogP) is 5.00. The number of nitrogens with one attached hydrogen (secondary N) is 1. The first-order valence-corrected chi connectivity index (χ1v) is 12.2. The van der Waals surface area contributed by atoms with Crippen molar-refractivity contribution in [3.05, 3.63) is 77.7 Å². The number of rotatable bonds is 7. The maximum absolute atomic E-state index is 13.0. The topological polar surface area (TPSA) is 84.9 Å². The number of anilines is 2. The summed E-state index contributed by atoms with van der Waals surface area (Å²) in [5.41, 5.74) is 1.16. The molecule has 4 rings (SSSR count). The van der Waals surface area contributed by atoms with E-state index in [4.69, 9.17) is 9.47 Å². The Morgan fingerprint density at radius 1 is 0.879 bits per heavy atom. The van der Waals surface area contributed by atoms with Gasteiger partial charge in [0.2, 0.25) is 0 Å². The average Bonchev–Trinajstić information content (AvgIpc) is 3.27. The lowest BCUT2D eigenvalue weighted by molar-refractivity contribution is 0.103. The monoisotopic (exact) mass is 482 g/mol. The van der Waals surface area contributed by atoms with Crippen molar-refractivity contribution >= 4 is 48.7 Å². The summed E-state index contributed by atoms with van der Waals surface area (Å²) in [5, 5.41) is 3.65. The zero-order valence-electron chi connectivity index (χ0n) is 18.2. The number of fused-ring (bicyclic) bond motifs is 1. The summed E-state index contributed by atoms with van der Waals surface area (Å²) >= 11 is 1.34. The zero-order valence-corrected chi connectivity index (χ0v) is 19.9. The number of thiophene rings is 1. The Hall–Kier alpha value is -3.56. The molecule has 0 atom stereocenters. The van der Waals surface area contributed by atoms with Crippen LogP contribution in [0.2, 0.25) is 0 Å². The molecule has 33 heavy (non-hydrogen) atoms. The van der Waals surface area contributed by atoms with E-state index < -0.39 is 10.0 Å². The van der Waals surface area contributed by atoms with E-state index in [-0.39, 0.29) is 10.8 Å². The molecule has 9 heteroatoms. The van der Waals surface area contributed by atoms with Gasteiger partial charge in [-0.3, -0.25) is 9.10 Å². The zero-order chi connectivity index (χ0) is 23.6. The van der Waals surface area contributed by atoms with Crippen LogP contribution in [-0.2, 0) is 10.0 Å². The Morgan fingerprint density at radius 2 is 1.48 bits per heavy atom. The van der Waals surface area contributed by atoms with Gasteiger partial charge in [-0.25, -0.2) is 8.42 Å². The largest absolute Gasteiger partial charge is 0.497 e. The Balaban J connectivity index is 1.57. The molecule has 1 amide bonds. The van der Waals surface area contributed by atoms with Crippen LogP contribution in [0.25, 0.3) is 10.1 Å². The molecule has 0 saturated heterocycles. The summed E-state index contributed by atoms with van der Waals surface area (Å²) in [5.74, 6) is 1.05. The second kappa shape index (κ2) is 9.13. The third kappa shape index (κ3) is 4.64. The minimum absolute atomic E-state index is 0.163. The van der Waals surface area contributed by atoms with Gasteiger partial charge in [0.15, 0.2) is 0 Å². The van der Waals surface area contributed by atoms with E-state index in [1.807, 2.05) is 6.07 Å². The SMILES string of the molecule is COc1ccc(NC(=O)c2cc3cc(N(C)S(=O)(=O)c4ccc(OC)cc4)ccc3s2)cc1. The quantitative estimate of drug-likeness (QED) is 0.401. The molecule has 0 fully saturated rings. The summed E-state index contributed by atoms with van der Waals surface area (Å²) in [7, 11) is 0.861. The second-order valence-electron chi connectivity index (χ2n) is 7.16. The summed E-state index contributed by atoms with van der Waals surface area (Å²) in [6.07, 6.45) is 0. The molecule has 0 spiro atoms. The number of hydrogen-bond acceptors (Lipinski definition) is 6. The normalized spacial score (nSPS) is 11.2. The third-order valence-electron chi connectivity index (χ3n) is 5.15. The number of nitrogens with zero attached hydrogens (tertiary/aromatic N) is 1. The standard InChI is InChI=1S/C24H22N2O5S2/c1-26(33(28,29)21-11-9-20(31-3)10-12-21)18-6-13-22-16(14-18)15-23(32-22)24(27)25-17-4-7-19(30-2)8-5-17/h4-15H,1-3H3,(H,25,27). The van der Waals surface area contributed by atoms with E-state index in [1.165, 1.54) is 41.9 Å². The van der Waals surface area contributed by atoms with Crippen molar-refractivity contribution in [1.29, 1.82) is 0 Å². The van der Waals surface area contributed by atoms with E-state index in [0.29, 0.717) is 27.8 Å². The van der Waals surface area contributed by atoms with E-state index >= 15 is 0 Å². The number of amides is 1. The summed E-state index contributed by atoms with van der Waals surface area (Å²) < 4.78 is 38.4. The highest BCUT2D eigenvalue weighted by molar-refractivity contribution is 7.92. The van der Waals surface area contributed by atoms with Crippen LogP contribution in [0.15, 0.2) is 77.7 Å². The lowest BCUT2D eigenvalue weighted by Gasteiger charge is -2.19. The number of carbonyl (C=O) groups is 1. The molecule has 0 saturated carbocycles. The van der Waals surface area contributed by atoms with Crippen molar-refractivity contribution in [2.24, 2.45) is 0 Å². The molecule has 0 aliphatic rings. The first-order chi connectivity index (χ1) is 15.8. The average molecular weight is 483 g/mol. The van der Waals surface area contributed by atoms with Crippen LogP contribution in [0, 0.1) is 0 Å². The van der Waals surface area contributed by atoms with Crippen molar-refractivity contribution in [2.45, 2.75) is 4.90 Å². The smallest absolute Gasteiger partial charge is 0.265 e. The van der Waals surface area contributed by atoms with E-state index in [0.717, 1.165) is 10.1 Å². The van der Waals surface area contributed by atoms with Crippen molar-refractivity contribution in [2.75, 3.05) is 30.9 Å². The molecule has 0 aliphatic heterocycles. The van der Waals surface area contributed by atoms with Crippen LogP contribution < -0.4 is 19.1 Å². The molecule has 1 aromatic heterocycles. The molecule has 0 aliphatic carbocycles. The first-order valence-electron chi connectivity index (χ1n) is 9.94. The highest BCUT2D eigenvalue weighted by atomic mass is 32.2. The van der Waals surface area contributed by atoms with Gasteiger partial charge in [-0.05, 0) is 78.2 Å². The van der Waals surface area contributed by atoms with Crippen molar-refractivity contribution in [1.82, 2.24) is 0 Å². The fraction of sp³-hybridized carbons (Fsp3) is 0.125. The number of carbonyl (C=O) groups excluding carboxylic acids is 1. The molecule has 1 heterocycles. The Kier molecular flexibility index (Phi) is 6.26. The molecule has 4 aromatic rings. The van der Waals surface area contributed by atoms with Crippen LogP contribution >= 0.6 is 11.3 Å². The van der Waals surface area contributed by atoms with Crippen molar-refractivity contribution in [3.63, 3.8) is 0 Å². The van der Waals surface area contributed by atoms with Gasteiger partial charge in [0.05, 0.1) is 29.7 Å². The summed E-state index contributed by atoms with van der Waals surface area (Å²) in [4.78, 5) is 13.4. The van der Waals surface area contributed by atoms with Crippen LogP contribution in [0.1, 0.15) is 9.67 Å². The number of ether oxygens (including phenoxy) is 2. The molecule has 0 bridgehead atoms. The number of sulfonamides is 1. The van der Waals surface area contributed by atoms with Crippen molar-refractivity contribution in [3.8, 4) is 11.5 Å².